The molecule has 5 nitrogen and oxygen atoms in total. The van der Waals surface area contributed by atoms with Crippen molar-refractivity contribution in [1.29, 1.82) is 0 Å². The number of aromatic nitrogens is 2. The highest BCUT2D eigenvalue weighted by Gasteiger charge is 2.17. The Kier molecular flexibility index (Phi) is 2.62. The van der Waals surface area contributed by atoms with E-state index in [2.05, 4.69) is 9.97 Å². The van der Waals surface area contributed by atoms with Crippen molar-refractivity contribution < 1.29 is 14.4 Å². The van der Waals surface area contributed by atoms with Gasteiger partial charge in [-0.05, 0) is 31.0 Å². The molecule has 16 heavy (non-hydrogen) atoms. The van der Waals surface area contributed by atoms with Crippen molar-refractivity contribution in [2.45, 2.75) is 20.0 Å². The molecule has 0 aliphatic rings. The number of rotatable bonds is 2. The number of aromatic amines is 1. The van der Waals surface area contributed by atoms with Gasteiger partial charge >= 0.3 is 7.60 Å². The Balaban J connectivity index is 2.52. The molecule has 0 spiro atoms. The molecule has 1 aromatic heterocycles. The average molecular weight is 240 g/mol. The fourth-order valence-corrected chi connectivity index (χ4v) is 2.33. The zero-order chi connectivity index (χ0) is 11.9. The minimum atomic E-state index is -4.06. The van der Waals surface area contributed by atoms with Crippen LogP contribution in [0.4, 0.5) is 0 Å². The molecule has 2 aromatic rings. The third-order valence-electron chi connectivity index (χ3n) is 2.33. The van der Waals surface area contributed by atoms with Gasteiger partial charge in [0, 0.05) is 0 Å². The Morgan fingerprint density at radius 1 is 1.38 bits per heavy atom. The van der Waals surface area contributed by atoms with Crippen molar-refractivity contribution >= 4 is 18.6 Å². The summed E-state index contributed by atoms with van der Waals surface area (Å²) in [5.74, 6) is 0.331. The van der Waals surface area contributed by atoms with Gasteiger partial charge in [-0.25, -0.2) is 4.98 Å². The molecule has 3 N–H and O–H groups in total. The van der Waals surface area contributed by atoms with Gasteiger partial charge in [-0.15, -0.1) is 0 Å². The molecule has 0 amide bonds. The maximum atomic E-state index is 10.9. The van der Waals surface area contributed by atoms with Crippen molar-refractivity contribution in [2.75, 3.05) is 0 Å². The highest BCUT2D eigenvalue weighted by molar-refractivity contribution is 7.50. The van der Waals surface area contributed by atoms with Crippen LogP contribution in [0.1, 0.15) is 17.0 Å². The highest BCUT2D eigenvalue weighted by Crippen LogP contribution is 2.38. The third kappa shape index (κ3) is 2.32. The van der Waals surface area contributed by atoms with Crippen LogP contribution in [-0.4, -0.2) is 19.8 Å². The molecule has 1 aromatic carbocycles. The molecule has 86 valence electrons. The van der Waals surface area contributed by atoms with E-state index in [1.165, 1.54) is 0 Å². The van der Waals surface area contributed by atoms with E-state index in [0.29, 0.717) is 5.82 Å². The number of nitrogens with one attached hydrogen (secondary N) is 1. The monoisotopic (exact) mass is 240 g/mol. The van der Waals surface area contributed by atoms with E-state index in [-0.39, 0.29) is 6.16 Å². The van der Waals surface area contributed by atoms with Gasteiger partial charge in [0.05, 0.1) is 11.0 Å². The summed E-state index contributed by atoms with van der Waals surface area (Å²) in [6, 6.07) is 3.91. The lowest BCUT2D eigenvalue weighted by Crippen LogP contribution is -1.88. The van der Waals surface area contributed by atoms with Gasteiger partial charge in [0.15, 0.2) is 0 Å². The predicted octanol–water partition coefficient (Wildman–Crippen LogP) is 1.86. The van der Waals surface area contributed by atoms with Crippen molar-refractivity contribution in [3.63, 3.8) is 0 Å². The van der Waals surface area contributed by atoms with Crippen molar-refractivity contribution in [3.05, 3.63) is 29.1 Å². The van der Waals surface area contributed by atoms with E-state index in [0.717, 1.165) is 22.2 Å². The summed E-state index contributed by atoms with van der Waals surface area (Å²) >= 11 is 0. The summed E-state index contributed by atoms with van der Waals surface area (Å²) in [5.41, 5.74) is 3.69. The first kappa shape index (κ1) is 11.3. The fraction of sp³-hybridized carbons (Fsp3) is 0.300. The van der Waals surface area contributed by atoms with E-state index in [1.54, 1.807) is 0 Å². The summed E-state index contributed by atoms with van der Waals surface area (Å²) in [5, 5.41) is 0. The molecule has 0 radical (unpaired) electrons. The van der Waals surface area contributed by atoms with Crippen LogP contribution < -0.4 is 0 Å². The Bertz CT molecular complexity index is 585. The summed E-state index contributed by atoms with van der Waals surface area (Å²) < 4.78 is 10.9. The summed E-state index contributed by atoms with van der Waals surface area (Å²) in [6.07, 6.45) is -0.347. The van der Waals surface area contributed by atoms with Gasteiger partial charge in [0.2, 0.25) is 0 Å². The number of fused-ring (bicyclic) bond motifs is 1. The lowest BCUT2D eigenvalue weighted by Gasteiger charge is -1.98. The lowest BCUT2D eigenvalue weighted by molar-refractivity contribution is 0.371. The molecule has 0 unspecified atom stereocenters. The third-order valence-corrected chi connectivity index (χ3v) is 3.04. The van der Waals surface area contributed by atoms with Crippen LogP contribution in [0, 0.1) is 13.8 Å². The average Bonchev–Trinajstić information content (AvgIpc) is 2.43. The van der Waals surface area contributed by atoms with Crippen LogP contribution in [0.3, 0.4) is 0 Å². The molecule has 0 saturated carbocycles. The van der Waals surface area contributed by atoms with Gasteiger partial charge in [-0.1, -0.05) is 6.07 Å². The van der Waals surface area contributed by atoms with Gasteiger partial charge < -0.3 is 14.8 Å². The second-order valence-corrected chi connectivity index (χ2v) is 5.63. The van der Waals surface area contributed by atoms with E-state index >= 15 is 0 Å². The van der Waals surface area contributed by atoms with Crippen molar-refractivity contribution in [1.82, 2.24) is 9.97 Å². The van der Waals surface area contributed by atoms with E-state index in [4.69, 9.17) is 9.79 Å². The topological polar surface area (TPSA) is 86.2 Å². The standard InChI is InChI=1S/C10H13N2O3P/c1-6-3-7(2)10-8(4-6)11-9(12-10)5-16(13,14)15/h3-4H,5H2,1-2H3,(H,11,12)(H2,13,14,15). The Hall–Kier alpha value is -1.16. The maximum Gasteiger partial charge on any atom is 0.333 e. The van der Waals surface area contributed by atoms with Crippen LogP contribution in [-0.2, 0) is 10.7 Å². The Labute approximate surface area is 92.7 Å². The maximum absolute atomic E-state index is 10.9. The molecular weight excluding hydrogens is 227 g/mol. The molecule has 0 aliphatic heterocycles. The van der Waals surface area contributed by atoms with E-state index in [1.807, 2.05) is 26.0 Å². The number of aryl methyl sites for hydroxylation is 2. The first-order valence-electron chi connectivity index (χ1n) is 4.85. The zero-order valence-corrected chi connectivity index (χ0v) is 9.95. The van der Waals surface area contributed by atoms with E-state index in [9.17, 15) is 4.57 Å². The van der Waals surface area contributed by atoms with Crippen LogP contribution >= 0.6 is 7.60 Å². The van der Waals surface area contributed by atoms with Crippen molar-refractivity contribution in [2.24, 2.45) is 0 Å². The number of nitrogens with zero attached hydrogens (tertiary/aromatic N) is 1. The smallest absolute Gasteiger partial charge is 0.333 e. The second kappa shape index (κ2) is 3.70. The second-order valence-electron chi connectivity index (χ2n) is 3.98. The molecule has 0 fully saturated rings. The number of hydrogen-bond acceptors (Lipinski definition) is 2. The summed E-state index contributed by atoms with van der Waals surface area (Å²) in [6.45, 7) is 3.90. The molecule has 2 rings (SSSR count). The van der Waals surface area contributed by atoms with Crippen molar-refractivity contribution in [3.8, 4) is 0 Å². The van der Waals surface area contributed by atoms with Crippen LogP contribution in [0.15, 0.2) is 12.1 Å². The number of imidazole rings is 1. The first-order chi connectivity index (χ1) is 7.35. The number of hydrogen-bond donors (Lipinski definition) is 3. The van der Waals surface area contributed by atoms with Crippen LogP contribution in [0.5, 0.6) is 0 Å². The van der Waals surface area contributed by atoms with Gasteiger partial charge in [0.1, 0.15) is 12.0 Å². The first-order valence-corrected chi connectivity index (χ1v) is 6.65. The largest absolute Gasteiger partial charge is 0.341 e. The summed E-state index contributed by atoms with van der Waals surface area (Å²) in [7, 11) is -4.06. The quantitative estimate of drug-likeness (QED) is 0.699. The predicted molar refractivity (Wildman–Crippen MR) is 61.3 cm³/mol. The van der Waals surface area contributed by atoms with E-state index < -0.39 is 7.60 Å². The molecule has 1 heterocycles. The minimum absolute atomic E-state index is 0.331. The molecule has 0 bridgehead atoms. The fourth-order valence-electron chi connectivity index (χ4n) is 1.79. The normalized spacial score (nSPS) is 12.2. The van der Waals surface area contributed by atoms with Gasteiger partial charge in [0.25, 0.3) is 0 Å². The molecule has 0 aliphatic carbocycles. The Morgan fingerprint density at radius 3 is 2.69 bits per heavy atom. The lowest BCUT2D eigenvalue weighted by atomic mass is 10.1. The molecule has 0 atom stereocenters. The zero-order valence-electron chi connectivity index (χ0n) is 9.06. The molecule has 0 saturated heterocycles. The van der Waals surface area contributed by atoms with Crippen LogP contribution in [0.2, 0.25) is 0 Å². The molecular formula is C10H13N2O3P. The number of H-pyrrole nitrogens is 1. The van der Waals surface area contributed by atoms with Crippen LogP contribution in [0.25, 0.3) is 11.0 Å². The molecule has 6 heteroatoms. The SMILES string of the molecule is Cc1cc(C)c2nc(CP(=O)(O)O)[nH]c2c1. The Morgan fingerprint density at radius 2 is 2.06 bits per heavy atom. The highest BCUT2D eigenvalue weighted by atomic mass is 31.2. The summed E-state index contributed by atoms with van der Waals surface area (Å²) in [4.78, 5) is 24.9. The van der Waals surface area contributed by atoms with Gasteiger partial charge in [-0.2, -0.15) is 0 Å². The minimum Gasteiger partial charge on any atom is -0.341 e. The van der Waals surface area contributed by atoms with Gasteiger partial charge in [-0.3, -0.25) is 4.57 Å². The number of benzene rings is 1.